The average Bonchev–Trinajstić information content (AvgIpc) is 2.20. The van der Waals surface area contributed by atoms with Gasteiger partial charge in [0.1, 0.15) is 5.38 Å². The molecule has 0 radical (unpaired) electrons. The molecule has 0 spiro atoms. The Morgan fingerprint density at radius 1 is 1.44 bits per heavy atom. The van der Waals surface area contributed by atoms with Gasteiger partial charge >= 0.3 is 5.97 Å². The Hall–Kier alpha value is -1.26. The van der Waals surface area contributed by atoms with Gasteiger partial charge in [-0.1, -0.05) is 11.6 Å². The van der Waals surface area contributed by atoms with Crippen molar-refractivity contribution < 1.29 is 14.7 Å². The summed E-state index contributed by atoms with van der Waals surface area (Å²) in [6, 6.07) is 4.03. The molecule has 6 heteroatoms. The summed E-state index contributed by atoms with van der Waals surface area (Å²) in [5, 5.41) is 10.7. The first-order valence-electron chi connectivity index (χ1n) is 4.39. The van der Waals surface area contributed by atoms with Crippen LogP contribution in [-0.2, 0) is 4.79 Å². The highest BCUT2D eigenvalue weighted by Gasteiger charge is 2.13. The van der Waals surface area contributed by atoms with Crippen LogP contribution in [0.25, 0.3) is 0 Å². The number of rotatable bonds is 3. The number of alkyl halides is 1. The van der Waals surface area contributed by atoms with Crippen LogP contribution in [0.15, 0.2) is 18.2 Å². The zero-order valence-electron chi connectivity index (χ0n) is 8.33. The molecule has 0 aliphatic heterocycles. The molecule has 1 unspecified atom stereocenters. The Bertz CT molecular complexity index is 432. The predicted molar refractivity (Wildman–Crippen MR) is 62.4 cm³/mol. The van der Waals surface area contributed by atoms with Gasteiger partial charge in [0, 0.05) is 0 Å². The van der Waals surface area contributed by atoms with E-state index in [-0.39, 0.29) is 16.3 Å². The molecular weight excluding hydrogens is 253 g/mol. The summed E-state index contributed by atoms with van der Waals surface area (Å²) in [6.45, 7) is 1.51. The quantitative estimate of drug-likeness (QED) is 0.823. The lowest BCUT2D eigenvalue weighted by Crippen LogP contribution is -2.20. The van der Waals surface area contributed by atoms with Crippen molar-refractivity contribution in [3.8, 4) is 0 Å². The number of anilines is 1. The van der Waals surface area contributed by atoms with E-state index in [0.717, 1.165) is 0 Å². The normalized spacial score (nSPS) is 11.9. The molecule has 1 atom stereocenters. The van der Waals surface area contributed by atoms with Crippen LogP contribution in [0.2, 0.25) is 5.02 Å². The third-order valence-electron chi connectivity index (χ3n) is 1.83. The molecule has 2 N–H and O–H groups in total. The largest absolute Gasteiger partial charge is 0.478 e. The van der Waals surface area contributed by atoms with E-state index in [1.807, 2.05) is 0 Å². The summed E-state index contributed by atoms with van der Waals surface area (Å²) < 4.78 is 0. The minimum Gasteiger partial charge on any atom is -0.478 e. The molecule has 86 valence electrons. The van der Waals surface area contributed by atoms with E-state index in [2.05, 4.69) is 5.32 Å². The Morgan fingerprint density at radius 3 is 2.56 bits per heavy atom. The first-order chi connectivity index (χ1) is 7.41. The fourth-order valence-corrected chi connectivity index (χ4v) is 1.21. The highest BCUT2D eigenvalue weighted by molar-refractivity contribution is 6.35. The van der Waals surface area contributed by atoms with E-state index in [9.17, 15) is 9.59 Å². The third-order valence-corrected chi connectivity index (χ3v) is 2.36. The van der Waals surface area contributed by atoms with Crippen molar-refractivity contribution in [1.29, 1.82) is 0 Å². The van der Waals surface area contributed by atoms with Crippen LogP contribution in [0.5, 0.6) is 0 Å². The molecule has 1 aromatic rings. The number of aromatic carboxylic acids is 1. The van der Waals surface area contributed by atoms with Crippen LogP contribution >= 0.6 is 23.2 Å². The van der Waals surface area contributed by atoms with Crippen molar-refractivity contribution in [2.75, 3.05) is 5.32 Å². The van der Waals surface area contributed by atoms with Crippen LogP contribution in [0.1, 0.15) is 17.3 Å². The van der Waals surface area contributed by atoms with Crippen LogP contribution in [0, 0.1) is 0 Å². The highest BCUT2D eigenvalue weighted by Crippen LogP contribution is 2.23. The van der Waals surface area contributed by atoms with Gasteiger partial charge in [-0.15, -0.1) is 11.6 Å². The van der Waals surface area contributed by atoms with E-state index in [1.54, 1.807) is 0 Å². The van der Waals surface area contributed by atoms with E-state index in [0.29, 0.717) is 0 Å². The molecule has 0 aliphatic carbocycles. The van der Waals surface area contributed by atoms with Gasteiger partial charge in [-0.3, -0.25) is 4.79 Å². The molecule has 0 fully saturated rings. The zero-order chi connectivity index (χ0) is 12.3. The Kier molecular flexibility index (Phi) is 4.15. The molecule has 1 aromatic carbocycles. The maximum Gasteiger partial charge on any atom is 0.335 e. The monoisotopic (exact) mass is 261 g/mol. The van der Waals surface area contributed by atoms with Gasteiger partial charge in [0.15, 0.2) is 0 Å². The molecule has 0 bridgehead atoms. The van der Waals surface area contributed by atoms with E-state index in [1.165, 1.54) is 25.1 Å². The molecule has 0 aromatic heterocycles. The van der Waals surface area contributed by atoms with E-state index < -0.39 is 17.3 Å². The number of benzene rings is 1. The molecule has 1 amide bonds. The SMILES string of the molecule is CC(Cl)C(=O)Nc1cc(C(=O)O)ccc1Cl. The van der Waals surface area contributed by atoms with Crippen molar-refractivity contribution >= 4 is 40.8 Å². The number of hydrogen-bond donors (Lipinski definition) is 2. The number of amides is 1. The summed E-state index contributed by atoms with van der Waals surface area (Å²) >= 11 is 11.4. The summed E-state index contributed by atoms with van der Waals surface area (Å²) in [5.74, 6) is -1.53. The number of nitrogens with one attached hydrogen (secondary N) is 1. The lowest BCUT2D eigenvalue weighted by Gasteiger charge is -2.08. The van der Waals surface area contributed by atoms with Gasteiger partial charge in [-0.25, -0.2) is 4.79 Å². The van der Waals surface area contributed by atoms with Gasteiger partial charge < -0.3 is 10.4 Å². The fourth-order valence-electron chi connectivity index (χ4n) is 0.986. The molecule has 1 rings (SSSR count). The standard InChI is InChI=1S/C10H9Cl2NO3/c1-5(11)9(14)13-8-4-6(10(15)16)2-3-7(8)12/h2-5H,1H3,(H,13,14)(H,15,16). The summed E-state index contributed by atoms with van der Waals surface area (Å²) in [5.41, 5.74) is 0.279. The summed E-state index contributed by atoms with van der Waals surface area (Å²) in [6.07, 6.45) is 0. The lowest BCUT2D eigenvalue weighted by molar-refractivity contribution is -0.115. The van der Waals surface area contributed by atoms with E-state index >= 15 is 0 Å². The van der Waals surface area contributed by atoms with Crippen molar-refractivity contribution in [2.45, 2.75) is 12.3 Å². The van der Waals surface area contributed by atoms with Crippen molar-refractivity contribution in [1.82, 2.24) is 0 Å². The third kappa shape index (κ3) is 3.12. The van der Waals surface area contributed by atoms with Crippen LogP contribution in [-0.4, -0.2) is 22.4 Å². The zero-order valence-corrected chi connectivity index (χ0v) is 9.84. The maximum atomic E-state index is 11.3. The van der Waals surface area contributed by atoms with Crippen LogP contribution in [0.4, 0.5) is 5.69 Å². The molecule has 16 heavy (non-hydrogen) atoms. The van der Waals surface area contributed by atoms with Crippen molar-refractivity contribution in [3.05, 3.63) is 28.8 Å². The number of carboxylic acid groups (broad SMARTS) is 1. The van der Waals surface area contributed by atoms with Gasteiger partial charge in [-0.2, -0.15) is 0 Å². The predicted octanol–water partition coefficient (Wildman–Crippen LogP) is 2.60. The van der Waals surface area contributed by atoms with Gasteiger partial charge in [0.2, 0.25) is 5.91 Å². The number of halogens is 2. The first kappa shape index (κ1) is 12.8. The molecule has 4 nitrogen and oxygen atoms in total. The van der Waals surface area contributed by atoms with E-state index in [4.69, 9.17) is 28.3 Å². The Morgan fingerprint density at radius 2 is 2.06 bits per heavy atom. The molecule has 0 heterocycles. The minimum absolute atomic E-state index is 0.0434. The molecular formula is C10H9Cl2NO3. The fraction of sp³-hybridized carbons (Fsp3) is 0.200. The topological polar surface area (TPSA) is 66.4 Å². The molecule has 0 saturated heterocycles. The van der Waals surface area contributed by atoms with Gasteiger partial charge in [0.05, 0.1) is 16.3 Å². The molecule has 0 saturated carbocycles. The summed E-state index contributed by atoms with van der Waals surface area (Å²) in [4.78, 5) is 22.0. The van der Waals surface area contributed by atoms with Crippen molar-refractivity contribution in [2.24, 2.45) is 0 Å². The number of carbonyl (C=O) groups is 2. The first-order valence-corrected chi connectivity index (χ1v) is 5.21. The Balaban J connectivity index is 2.99. The lowest BCUT2D eigenvalue weighted by atomic mass is 10.2. The van der Waals surface area contributed by atoms with Gasteiger partial charge in [-0.05, 0) is 25.1 Å². The summed E-state index contributed by atoms with van der Waals surface area (Å²) in [7, 11) is 0. The van der Waals surface area contributed by atoms with Crippen LogP contribution < -0.4 is 5.32 Å². The average molecular weight is 262 g/mol. The van der Waals surface area contributed by atoms with Crippen LogP contribution in [0.3, 0.4) is 0 Å². The second kappa shape index (κ2) is 5.18. The number of carbonyl (C=O) groups excluding carboxylic acids is 1. The Labute approximate surface area is 102 Å². The minimum atomic E-state index is -1.09. The second-order valence-corrected chi connectivity index (χ2v) is 4.17. The number of carboxylic acids is 1. The second-order valence-electron chi connectivity index (χ2n) is 3.11. The maximum absolute atomic E-state index is 11.3. The van der Waals surface area contributed by atoms with Crippen molar-refractivity contribution in [3.63, 3.8) is 0 Å². The smallest absolute Gasteiger partial charge is 0.335 e. The highest BCUT2D eigenvalue weighted by atomic mass is 35.5. The number of hydrogen-bond acceptors (Lipinski definition) is 2. The molecule has 0 aliphatic rings. The van der Waals surface area contributed by atoms with Gasteiger partial charge in [0.25, 0.3) is 0 Å².